The Balaban J connectivity index is 1.34. The Morgan fingerprint density at radius 3 is 2.74 bits per heavy atom. The van der Waals surface area contributed by atoms with Crippen molar-refractivity contribution in [1.82, 2.24) is 4.90 Å². The van der Waals surface area contributed by atoms with Gasteiger partial charge in [0.15, 0.2) is 6.61 Å². The van der Waals surface area contributed by atoms with E-state index in [9.17, 15) is 14.7 Å². The predicted molar refractivity (Wildman–Crippen MR) is 133 cm³/mol. The van der Waals surface area contributed by atoms with Gasteiger partial charge in [0.25, 0.3) is 5.91 Å². The van der Waals surface area contributed by atoms with E-state index in [4.69, 9.17) is 13.9 Å². The number of hydrogen-bond donors (Lipinski definition) is 1. The summed E-state index contributed by atoms with van der Waals surface area (Å²) in [7, 11) is 1.61. The lowest BCUT2D eigenvalue weighted by atomic mass is 9.71. The Labute approximate surface area is 204 Å². The van der Waals surface area contributed by atoms with E-state index in [0.29, 0.717) is 36.4 Å². The SMILES string of the molecule is COc1ccc(-c2cc(=O)oc3c(C)c(OCC(=O)N4CCC5(O)CCCCC5C4)ccc23)cc1. The first-order valence-electron chi connectivity index (χ1n) is 12.2. The third-order valence-electron chi connectivity index (χ3n) is 7.64. The largest absolute Gasteiger partial charge is 0.497 e. The molecule has 0 radical (unpaired) electrons. The van der Waals surface area contributed by atoms with Crippen LogP contribution in [-0.2, 0) is 4.79 Å². The van der Waals surface area contributed by atoms with Crippen LogP contribution in [0.25, 0.3) is 22.1 Å². The molecule has 1 aromatic heterocycles. The lowest BCUT2D eigenvalue weighted by Gasteiger charge is -2.47. The van der Waals surface area contributed by atoms with E-state index in [1.165, 1.54) is 6.07 Å². The summed E-state index contributed by atoms with van der Waals surface area (Å²) in [4.78, 5) is 27.1. The summed E-state index contributed by atoms with van der Waals surface area (Å²) in [5.74, 6) is 1.29. The van der Waals surface area contributed by atoms with Crippen LogP contribution in [-0.4, -0.2) is 48.3 Å². The van der Waals surface area contributed by atoms with Gasteiger partial charge in [-0.2, -0.15) is 0 Å². The van der Waals surface area contributed by atoms with Crippen LogP contribution in [0, 0.1) is 12.8 Å². The molecule has 2 heterocycles. The molecule has 3 aromatic rings. The zero-order valence-corrected chi connectivity index (χ0v) is 20.2. The normalized spacial score (nSPS) is 22.0. The molecule has 1 amide bonds. The number of ether oxygens (including phenoxy) is 2. The van der Waals surface area contributed by atoms with Gasteiger partial charge in [-0.15, -0.1) is 0 Å². The predicted octanol–water partition coefficient (Wildman–Crippen LogP) is 4.31. The minimum absolute atomic E-state index is 0.0921. The number of benzene rings is 2. The summed E-state index contributed by atoms with van der Waals surface area (Å²) in [6, 6.07) is 12.6. The minimum Gasteiger partial charge on any atom is -0.497 e. The molecule has 1 saturated carbocycles. The number of amides is 1. The molecule has 2 aromatic carbocycles. The van der Waals surface area contributed by atoms with Crippen molar-refractivity contribution < 1.29 is 23.8 Å². The molecule has 0 bridgehead atoms. The lowest BCUT2D eigenvalue weighted by Crippen LogP contribution is -2.55. The maximum absolute atomic E-state index is 12.9. The van der Waals surface area contributed by atoms with E-state index < -0.39 is 11.2 Å². The van der Waals surface area contributed by atoms with Crippen LogP contribution in [0.4, 0.5) is 0 Å². The molecule has 2 unspecified atom stereocenters. The molecule has 184 valence electrons. The number of carbonyl (C=O) groups is 1. The van der Waals surface area contributed by atoms with Gasteiger partial charge < -0.3 is 23.9 Å². The van der Waals surface area contributed by atoms with Crippen LogP contribution in [0.5, 0.6) is 11.5 Å². The number of likely N-dealkylation sites (tertiary alicyclic amines) is 1. The monoisotopic (exact) mass is 477 g/mol. The van der Waals surface area contributed by atoms with Crippen molar-refractivity contribution in [3.63, 3.8) is 0 Å². The summed E-state index contributed by atoms with van der Waals surface area (Å²) < 4.78 is 16.7. The Kier molecular flexibility index (Phi) is 6.28. The Hall–Kier alpha value is -3.32. The first-order chi connectivity index (χ1) is 16.9. The molecule has 2 atom stereocenters. The van der Waals surface area contributed by atoms with Crippen LogP contribution >= 0.6 is 0 Å². The quantitative estimate of drug-likeness (QED) is 0.551. The summed E-state index contributed by atoms with van der Waals surface area (Å²) in [6.07, 6.45) is 4.57. The zero-order valence-electron chi connectivity index (χ0n) is 20.2. The second-order valence-corrected chi connectivity index (χ2v) is 9.70. The van der Waals surface area contributed by atoms with Gasteiger partial charge in [0.1, 0.15) is 17.1 Å². The fourth-order valence-electron chi connectivity index (χ4n) is 5.54. The first kappa shape index (κ1) is 23.4. The third kappa shape index (κ3) is 4.52. The first-order valence-corrected chi connectivity index (χ1v) is 12.2. The highest BCUT2D eigenvalue weighted by molar-refractivity contribution is 5.95. The van der Waals surface area contributed by atoms with Gasteiger partial charge in [-0.3, -0.25) is 4.79 Å². The van der Waals surface area contributed by atoms with Gasteiger partial charge in [-0.25, -0.2) is 4.79 Å². The van der Waals surface area contributed by atoms with Crippen LogP contribution in [0.2, 0.25) is 0 Å². The van der Waals surface area contributed by atoms with Crippen molar-refractivity contribution in [2.75, 3.05) is 26.8 Å². The molecular formula is C28H31NO6. The number of methoxy groups -OCH3 is 1. The molecule has 0 spiro atoms. The second-order valence-electron chi connectivity index (χ2n) is 9.70. The smallest absolute Gasteiger partial charge is 0.336 e. The number of hydrogen-bond acceptors (Lipinski definition) is 6. The number of fused-ring (bicyclic) bond motifs is 2. The zero-order chi connectivity index (χ0) is 24.6. The summed E-state index contributed by atoms with van der Waals surface area (Å²) >= 11 is 0. The van der Waals surface area contributed by atoms with E-state index in [0.717, 1.165) is 47.9 Å². The van der Waals surface area contributed by atoms with Gasteiger partial charge in [-0.05, 0) is 61.6 Å². The molecule has 35 heavy (non-hydrogen) atoms. The van der Waals surface area contributed by atoms with Crippen LogP contribution in [0.15, 0.2) is 51.7 Å². The molecular weight excluding hydrogens is 446 g/mol. The lowest BCUT2D eigenvalue weighted by molar-refractivity contribution is -0.145. The van der Waals surface area contributed by atoms with Crippen LogP contribution in [0.1, 0.15) is 37.7 Å². The molecule has 5 rings (SSSR count). The number of piperidine rings is 1. The Morgan fingerprint density at radius 1 is 1.17 bits per heavy atom. The van der Waals surface area contributed by atoms with Crippen molar-refractivity contribution in [1.29, 1.82) is 0 Å². The summed E-state index contributed by atoms with van der Waals surface area (Å²) in [5, 5.41) is 11.7. The maximum Gasteiger partial charge on any atom is 0.336 e. The molecule has 1 N–H and O–H groups in total. The molecule has 7 nitrogen and oxygen atoms in total. The summed E-state index contributed by atoms with van der Waals surface area (Å²) in [5.41, 5.74) is 1.68. The van der Waals surface area contributed by atoms with E-state index in [1.54, 1.807) is 7.11 Å². The van der Waals surface area contributed by atoms with Gasteiger partial charge in [0, 0.05) is 36.0 Å². The van der Waals surface area contributed by atoms with Gasteiger partial charge >= 0.3 is 5.63 Å². The highest BCUT2D eigenvalue weighted by Crippen LogP contribution is 2.40. The highest BCUT2D eigenvalue weighted by atomic mass is 16.5. The number of rotatable bonds is 5. The fraction of sp³-hybridized carbons (Fsp3) is 0.429. The molecule has 1 aliphatic heterocycles. The summed E-state index contributed by atoms with van der Waals surface area (Å²) in [6.45, 7) is 2.85. The average Bonchev–Trinajstić information content (AvgIpc) is 2.87. The topological polar surface area (TPSA) is 89.2 Å². The van der Waals surface area contributed by atoms with Crippen LogP contribution in [0.3, 0.4) is 0 Å². The molecule has 1 saturated heterocycles. The van der Waals surface area contributed by atoms with Crippen molar-refractivity contribution >= 4 is 16.9 Å². The van der Waals surface area contributed by atoms with Crippen molar-refractivity contribution in [2.45, 2.75) is 44.6 Å². The number of aryl methyl sites for hydroxylation is 1. The number of nitrogens with zero attached hydrogens (tertiary/aromatic N) is 1. The van der Waals surface area contributed by atoms with Gasteiger partial charge in [0.2, 0.25) is 0 Å². The standard InChI is InChI=1S/C28H31NO6/c1-18-24(34-17-25(30)29-14-13-28(32)12-4-3-5-20(28)16-29)11-10-22-23(15-26(31)35-27(18)22)19-6-8-21(33-2)9-7-19/h6-11,15,20,32H,3-5,12-14,16-17H2,1-2H3. The Morgan fingerprint density at radius 2 is 1.97 bits per heavy atom. The van der Waals surface area contributed by atoms with E-state index in [-0.39, 0.29) is 18.4 Å². The molecule has 7 heteroatoms. The van der Waals surface area contributed by atoms with E-state index >= 15 is 0 Å². The van der Waals surface area contributed by atoms with Crippen molar-refractivity contribution in [3.8, 4) is 22.6 Å². The molecule has 2 fully saturated rings. The maximum atomic E-state index is 12.9. The number of aliphatic hydroxyl groups is 1. The molecule has 1 aliphatic carbocycles. The second kappa shape index (κ2) is 9.38. The number of carbonyl (C=O) groups excluding carboxylic acids is 1. The van der Waals surface area contributed by atoms with E-state index in [1.807, 2.05) is 48.2 Å². The fourth-order valence-corrected chi connectivity index (χ4v) is 5.54. The van der Waals surface area contributed by atoms with Gasteiger partial charge in [-0.1, -0.05) is 25.0 Å². The minimum atomic E-state index is -0.621. The average molecular weight is 478 g/mol. The highest BCUT2D eigenvalue weighted by Gasteiger charge is 2.43. The van der Waals surface area contributed by atoms with Crippen molar-refractivity contribution in [3.05, 3.63) is 58.4 Å². The molecule has 2 aliphatic rings. The van der Waals surface area contributed by atoms with Crippen molar-refractivity contribution in [2.24, 2.45) is 5.92 Å². The van der Waals surface area contributed by atoms with E-state index in [2.05, 4.69) is 0 Å². The van der Waals surface area contributed by atoms with Crippen LogP contribution < -0.4 is 15.1 Å². The Bertz CT molecular complexity index is 1300. The van der Waals surface area contributed by atoms with Gasteiger partial charge in [0.05, 0.1) is 12.7 Å². The third-order valence-corrected chi connectivity index (χ3v) is 7.64.